The number of ether oxygens (including phenoxy) is 1. The van der Waals surface area contributed by atoms with Gasteiger partial charge in [-0.2, -0.15) is 0 Å². The number of sulfonamides is 1. The Balaban J connectivity index is 3.15. The van der Waals surface area contributed by atoms with Gasteiger partial charge in [-0.05, 0) is 13.8 Å². The third kappa shape index (κ3) is 11.8. The van der Waals surface area contributed by atoms with E-state index < -0.39 is 10.0 Å². The SMILES string of the molecule is CC(C)OCCNCCNS(C)(=O)=O. The molecule has 0 unspecified atom stereocenters. The zero-order valence-electron chi connectivity index (χ0n) is 9.04. The third-order valence-electron chi connectivity index (χ3n) is 1.40. The monoisotopic (exact) mass is 224 g/mol. The van der Waals surface area contributed by atoms with E-state index in [-0.39, 0.29) is 6.10 Å². The summed E-state index contributed by atoms with van der Waals surface area (Å²) in [5.74, 6) is 0. The van der Waals surface area contributed by atoms with Crippen LogP contribution in [0.4, 0.5) is 0 Å². The van der Waals surface area contributed by atoms with Crippen LogP contribution in [-0.2, 0) is 14.8 Å². The Morgan fingerprint density at radius 2 is 1.86 bits per heavy atom. The van der Waals surface area contributed by atoms with Crippen molar-refractivity contribution >= 4 is 10.0 Å². The van der Waals surface area contributed by atoms with Gasteiger partial charge in [-0.25, -0.2) is 13.1 Å². The van der Waals surface area contributed by atoms with E-state index in [4.69, 9.17) is 4.74 Å². The van der Waals surface area contributed by atoms with Crippen molar-refractivity contribution in [3.8, 4) is 0 Å². The van der Waals surface area contributed by atoms with Gasteiger partial charge in [0.05, 0.1) is 19.0 Å². The predicted octanol–water partition coefficient (Wildman–Crippen LogP) is -0.450. The molecule has 0 amide bonds. The van der Waals surface area contributed by atoms with Crippen molar-refractivity contribution in [3.63, 3.8) is 0 Å². The summed E-state index contributed by atoms with van der Waals surface area (Å²) in [5, 5.41) is 3.06. The average Bonchev–Trinajstić information content (AvgIpc) is 2.00. The molecule has 0 spiro atoms. The molecule has 5 nitrogen and oxygen atoms in total. The largest absolute Gasteiger partial charge is 0.377 e. The fraction of sp³-hybridized carbons (Fsp3) is 1.00. The average molecular weight is 224 g/mol. The van der Waals surface area contributed by atoms with Gasteiger partial charge in [-0.1, -0.05) is 0 Å². The second-order valence-electron chi connectivity index (χ2n) is 3.34. The van der Waals surface area contributed by atoms with Gasteiger partial charge in [0.2, 0.25) is 10.0 Å². The van der Waals surface area contributed by atoms with Crippen molar-refractivity contribution in [2.45, 2.75) is 20.0 Å². The Morgan fingerprint density at radius 1 is 1.21 bits per heavy atom. The number of nitrogens with one attached hydrogen (secondary N) is 2. The molecule has 0 aromatic heterocycles. The molecule has 0 saturated heterocycles. The summed E-state index contributed by atoms with van der Waals surface area (Å²) in [6.07, 6.45) is 1.39. The van der Waals surface area contributed by atoms with Gasteiger partial charge < -0.3 is 10.1 Å². The van der Waals surface area contributed by atoms with Crippen molar-refractivity contribution in [2.24, 2.45) is 0 Å². The molecule has 0 aliphatic carbocycles. The highest BCUT2D eigenvalue weighted by Crippen LogP contribution is 1.84. The fourth-order valence-electron chi connectivity index (χ4n) is 0.817. The van der Waals surface area contributed by atoms with Gasteiger partial charge in [0.1, 0.15) is 0 Å². The van der Waals surface area contributed by atoms with E-state index >= 15 is 0 Å². The lowest BCUT2D eigenvalue weighted by Gasteiger charge is -2.08. The molecule has 0 aliphatic heterocycles. The van der Waals surface area contributed by atoms with E-state index in [1.54, 1.807) is 0 Å². The zero-order valence-corrected chi connectivity index (χ0v) is 9.86. The van der Waals surface area contributed by atoms with Crippen LogP contribution in [0.25, 0.3) is 0 Å². The van der Waals surface area contributed by atoms with Crippen molar-refractivity contribution < 1.29 is 13.2 Å². The first-order valence-electron chi connectivity index (χ1n) is 4.69. The first kappa shape index (κ1) is 13.8. The predicted molar refractivity (Wildman–Crippen MR) is 56.8 cm³/mol. The second-order valence-corrected chi connectivity index (χ2v) is 5.17. The Labute approximate surface area is 86.3 Å². The van der Waals surface area contributed by atoms with Crippen LogP contribution in [0, 0.1) is 0 Å². The van der Waals surface area contributed by atoms with Crippen molar-refractivity contribution in [3.05, 3.63) is 0 Å². The molecule has 0 aromatic carbocycles. The lowest BCUT2D eigenvalue weighted by molar-refractivity contribution is 0.0810. The molecule has 0 radical (unpaired) electrons. The summed E-state index contributed by atoms with van der Waals surface area (Å²) >= 11 is 0. The van der Waals surface area contributed by atoms with Crippen molar-refractivity contribution in [1.82, 2.24) is 10.0 Å². The number of hydrogen-bond acceptors (Lipinski definition) is 4. The molecular weight excluding hydrogens is 204 g/mol. The van der Waals surface area contributed by atoms with Crippen LogP contribution >= 0.6 is 0 Å². The quantitative estimate of drug-likeness (QED) is 0.548. The Bertz CT molecular complexity index is 227. The molecule has 0 rings (SSSR count). The fourth-order valence-corrected chi connectivity index (χ4v) is 1.29. The molecule has 14 heavy (non-hydrogen) atoms. The van der Waals surface area contributed by atoms with Crippen LogP contribution in [0.5, 0.6) is 0 Å². The first-order valence-corrected chi connectivity index (χ1v) is 6.58. The molecule has 0 aromatic rings. The Hall–Kier alpha value is -0.170. The summed E-state index contributed by atoms with van der Waals surface area (Å²) in [6, 6.07) is 0. The van der Waals surface area contributed by atoms with Crippen LogP contribution < -0.4 is 10.0 Å². The normalized spacial score (nSPS) is 12.3. The minimum Gasteiger partial charge on any atom is -0.377 e. The summed E-state index contributed by atoms with van der Waals surface area (Å²) in [5.41, 5.74) is 0. The van der Waals surface area contributed by atoms with E-state index in [2.05, 4.69) is 10.0 Å². The smallest absolute Gasteiger partial charge is 0.208 e. The van der Waals surface area contributed by atoms with E-state index in [9.17, 15) is 8.42 Å². The third-order valence-corrected chi connectivity index (χ3v) is 2.12. The molecule has 0 aliphatic rings. The molecule has 86 valence electrons. The van der Waals surface area contributed by atoms with Crippen molar-refractivity contribution in [1.29, 1.82) is 0 Å². The maximum absolute atomic E-state index is 10.6. The van der Waals surface area contributed by atoms with Gasteiger partial charge in [0.25, 0.3) is 0 Å². The van der Waals surface area contributed by atoms with E-state index in [0.717, 1.165) is 12.8 Å². The lowest BCUT2D eigenvalue weighted by atomic mass is 10.5. The number of hydrogen-bond donors (Lipinski definition) is 2. The maximum atomic E-state index is 10.6. The summed E-state index contributed by atoms with van der Waals surface area (Å²) < 4.78 is 29.0. The molecule has 0 heterocycles. The van der Waals surface area contributed by atoms with E-state index in [0.29, 0.717) is 19.7 Å². The molecular formula is C8H20N2O3S. The molecule has 0 bridgehead atoms. The minimum atomic E-state index is -3.05. The topological polar surface area (TPSA) is 67.4 Å². The summed E-state index contributed by atoms with van der Waals surface area (Å²) in [6.45, 7) is 6.38. The lowest BCUT2D eigenvalue weighted by Crippen LogP contribution is -2.32. The molecule has 6 heteroatoms. The zero-order chi connectivity index (χ0) is 11.0. The molecule has 2 N–H and O–H groups in total. The Kier molecular flexibility index (Phi) is 7.08. The van der Waals surface area contributed by atoms with Crippen molar-refractivity contribution in [2.75, 3.05) is 32.5 Å². The van der Waals surface area contributed by atoms with Crippen LogP contribution in [-0.4, -0.2) is 47.0 Å². The highest BCUT2D eigenvalue weighted by atomic mass is 32.2. The molecule has 0 saturated carbocycles. The summed E-state index contributed by atoms with van der Waals surface area (Å²) in [7, 11) is -3.05. The van der Waals surface area contributed by atoms with Crippen LogP contribution in [0.1, 0.15) is 13.8 Å². The van der Waals surface area contributed by atoms with Gasteiger partial charge in [-0.3, -0.25) is 0 Å². The number of rotatable bonds is 8. The van der Waals surface area contributed by atoms with Crippen LogP contribution in [0.3, 0.4) is 0 Å². The van der Waals surface area contributed by atoms with Gasteiger partial charge >= 0.3 is 0 Å². The second kappa shape index (κ2) is 7.17. The van der Waals surface area contributed by atoms with E-state index in [1.165, 1.54) is 0 Å². The first-order chi connectivity index (χ1) is 6.42. The standard InChI is InChI=1S/C8H20N2O3S/c1-8(2)13-7-6-9-4-5-10-14(3,11)12/h8-10H,4-7H2,1-3H3. The molecule has 0 atom stereocenters. The van der Waals surface area contributed by atoms with Crippen LogP contribution in [0.15, 0.2) is 0 Å². The Morgan fingerprint density at radius 3 is 2.36 bits per heavy atom. The molecule has 0 fully saturated rings. The highest BCUT2D eigenvalue weighted by Gasteiger charge is 1.98. The van der Waals surface area contributed by atoms with Gasteiger partial charge in [-0.15, -0.1) is 0 Å². The highest BCUT2D eigenvalue weighted by molar-refractivity contribution is 7.88. The minimum absolute atomic E-state index is 0.242. The van der Waals surface area contributed by atoms with E-state index in [1.807, 2.05) is 13.8 Å². The van der Waals surface area contributed by atoms with Crippen LogP contribution in [0.2, 0.25) is 0 Å². The van der Waals surface area contributed by atoms with Gasteiger partial charge in [0, 0.05) is 19.6 Å². The maximum Gasteiger partial charge on any atom is 0.208 e. The summed E-state index contributed by atoms with van der Waals surface area (Å²) in [4.78, 5) is 0. The van der Waals surface area contributed by atoms with Gasteiger partial charge in [0.15, 0.2) is 0 Å².